The van der Waals surface area contributed by atoms with Gasteiger partial charge in [-0.1, -0.05) is 6.08 Å². The predicted molar refractivity (Wildman–Crippen MR) is 53.6 cm³/mol. The number of pyridine rings is 1. The Morgan fingerprint density at radius 3 is 3.15 bits per heavy atom. The largest absolute Gasteiger partial charge is 0.476 e. The Morgan fingerprint density at radius 1 is 1.62 bits per heavy atom. The Kier molecular flexibility index (Phi) is 3.82. The Labute approximate surface area is 78.2 Å². The summed E-state index contributed by atoms with van der Waals surface area (Å²) in [5.41, 5.74) is 6.21. The summed E-state index contributed by atoms with van der Waals surface area (Å²) in [4.78, 5) is 4.00. The summed E-state index contributed by atoms with van der Waals surface area (Å²) < 4.78 is 5.35. The molecule has 0 saturated carbocycles. The van der Waals surface area contributed by atoms with Gasteiger partial charge in [0.05, 0.1) is 12.3 Å². The molecule has 1 aromatic rings. The maximum Gasteiger partial charge on any atom is 0.237 e. The zero-order chi connectivity index (χ0) is 9.52. The number of hydrogen-bond acceptors (Lipinski definition) is 3. The zero-order valence-electron chi connectivity index (χ0n) is 7.57. The number of allylic oxidation sites excluding steroid dienone is 1. The van der Waals surface area contributed by atoms with E-state index in [0.29, 0.717) is 18.2 Å². The molecule has 1 rings (SSSR count). The first-order valence-corrected chi connectivity index (χ1v) is 4.29. The maximum atomic E-state index is 5.63. The third-order valence-corrected chi connectivity index (χ3v) is 1.59. The summed E-state index contributed by atoms with van der Waals surface area (Å²) in [6.07, 6.45) is 5.43. The fourth-order valence-electron chi connectivity index (χ4n) is 0.920. The van der Waals surface area contributed by atoms with Gasteiger partial charge in [0.25, 0.3) is 0 Å². The molecule has 3 nitrogen and oxygen atoms in total. The van der Waals surface area contributed by atoms with Crippen LogP contribution < -0.4 is 10.5 Å². The first kappa shape index (κ1) is 9.58. The summed E-state index contributed by atoms with van der Waals surface area (Å²) in [6.45, 7) is 4.26. The molecule has 0 aliphatic carbocycles. The van der Waals surface area contributed by atoms with Crippen molar-refractivity contribution in [3.05, 3.63) is 31.0 Å². The van der Waals surface area contributed by atoms with E-state index in [1.165, 1.54) is 0 Å². The molecule has 0 radical (unpaired) electrons. The van der Waals surface area contributed by atoms with Gasteiger partial charge in [-0.2, -0.15) is 0 Å². The molecule has 0 spiro atoms. The van der Waals surface area contributed by atoms with Gasteiger partial charge in [-0.25, -0.2) is 4.98 Å². The lowest BCUT2D eigenvalue weighted by Crippen LogP contribution is -2.01. The minimum absolute atomic E-state index is 0.520. The molecule has 0 aliphatic rings. The van der Waals surface area contributed by atoms with Crippen molar-refractivity contribution >= 4 is 5.69 Å². The van der Waals surface area contributed by atoms with E-state index >= 15 is 0 Å². The molecular weight excluding hydrogens is 164 g/mol. The number of nitrogen functional groups attached to an aromatic ring is 1. The summed E-state index contributed by atoms with van der Waals surface area (Å²) in [6, 6.07) is 3.56. The van der Waals surface area contributed by atoms with Gasteiger partial charge in [0.15, 0.2) is 0 Å². The van der Waals surface area contributed by atoms with E-state index in [9.17, 15) is 0 Å². The molecule has 0 aliphatic heterocycles. The van der Waals surface area contributed by atoms with Crippen LogP contribution in [0.2, 0.25) is 0 Å². The van der Waals surface area contributed by atoms with E-state index in [2.05, 4.69) is 11.6 Å². The third kappa shape index (κ3) is 3.15. The maximum absolute atomic E-state index is 5.63. The van der Waals surface area contributed by atoms with Crippen molar-refractivity contribution in [2.24, 2.45) is 0 Å². The van der Waals surface area contributed by atoms with Crippen molar-refractivity contribution in [2.75, 3.05) is 12.3 Å². The molecule has 13 heavy (non-hydrogen) atoms. The second-order valence-electron chi connectivity index (χ2n) is 2.68. The minimum atomic E-state index is 0.520. The number of unbranched alkanes of at least 4 members (excludes halogenated alkanes) is 1. The molecule has 0 saturated heterocycles. The van der Waals surface area contributed by atoms with Crippen LogP contribution in [0.25, 0.3) is 0 Å². The fourth-order valence-corrected chi connectivity index (χ4v) is 0.920. The van der Waals surface area contributed by atoms with Gasteiger partial charge in [-0.05, 0) is 25.0 Å². The summed E-state index contributed by atoms with van der Waals surface area (Å²) in [5.74, 6) is 0.520. The van der Waals surface area contributed by atoms with Crippen molar-refractivity contribution in [3.63, 3.8) is 0 Å². The smallest absolute Gasteiger partial charge is 0.237 e. The summed E-state index contributed by atoms with van der Waals surface area (Å²) >= 11 is 0. The van der Waals surface area contributed by atoms with Crippen molar-refractivity contribution in [3.8, 4) is 5.88 Å². The van der Waals surface area contributed by atoms with Crippen LogP contribution in [0, 0.1) is 0 Å². The van der Waals surface area contributed by atoms with E-state index < -0.39 is 0 Å². The second-order valence-corrected chi connectivity index (χ2v) is 2.68. The number of nitrogens with two attached hydrogens (primary N) is 1. The fraction of sp³-hybridized carbons (Fsp3) is 0.300. The Bertz CT molecular complexity index is 273. The van der Waals surface area contributed by atoms with Gasteiger partial charge >= 0.3 is 0 Å². The predicted octanol–water partition coefficient (Wildman–Crippen LogP) is 2.01. The number of anilines is 1. The molecule has 70 valence electrons. The Balaban J connectivity index is 2.36. The average molecular weight is 178 g/mol. The standard InChI is InChI=1S/C10H14N2O/c1-2-3-4-8-13-10-9(11)6-5-7-12-10/h2,5-7H,1,3-4,8,11H2. The molecule has 1 aromatic heterocycles. The normalized spacial score (nSPS) is 9.54. The van der Waals surface area contributed by atoms with Crippen molar-refractivity contribution in [1.29, 1.82) is 0 Å². The number of nitrogens with zero attached hydrogens (tertiary/aromatic N) is 1. The van der Waals surface area contributed by atoms with Gasteiger partial charge in [0.2, 0.25) is 5.88 Å². The van der Waals surface area contributed by atoms with Gasteiger partial charge < -0.3 is 10.5 Å². The number of rotatable bonds is 5. The van der Waals surface area contributed by atoms with Gasteiger partial charge in [-0.3, -0.25) is 0 Å². The molecule has 1 heterocycles. The highest BCUT2D eigenvalue weighted by Gasteiger charge is 1.98. The highest BCUT2D eigenvalue weighted by atomic mass is 16.5. The number of aromatic nitrogens is 1. The van der Waals surface area contributed by atoms with E-state index in [1.54, 1.807) is 18.3 Å². The molecule has 0 unspecified atom stereocenters. The van der Waals surface area contributed by atoms with Gasteiger partial charge in [0.1, 0.15) is 0 Å². The van der Waals surface area contributed by atoms with Crippen molar-refractivity contribution in [2.45, 2.75) is 12.8 Å². The SMILES string of the molecule is C=CCCCOc1ncccc1N. The van der Waals surface area contributed by atoms with E-state index in [4.69, 9.17) is 10.5 Å². The van der Waals surface area contributed by atoms with Crippen LogP contribution >= 0.6 is 0 Å². The van der Waals surface area contributed by atoms with Crippen molar-refractivity contribution < 1.29 is 4.74 Å². The van der Waals surface area contributed by atoms with Crippen molar-refractivity contribution in [1.82, 2.24) is 4.98 Å². The molecule has 2 N–H and O–H groups in total. The molecule has 3 heteroatoms. The van der Waals surface area contributed by atoms with Crippen LogP contribution in [0.1, 0.15) is 12.8 Å². The molecule has 0 aromatic carbocycles. The molecular formula is C10H14N2O. The van der Waals surface area contributed by atoms with Crippen LogP contribution in [0.3, 0.4) is 0 Å². The zero-order valence-corrected chi connectivity index (χ0v) is 7.57. The summed E-state index contributed by atoms with van der Waals surface area (Å²) in [7, 11) is 0. The monoisotopic (exact) mass is 178 g/mol. The van der Waals surface area contributed by atoms with Crippen LogP contribution in [-0.2, 0) is 0 Å². The number of ether oxygens (including phenoxy) is 1. The third-order valence-electron chi connectivity index (χ3n) is 1.59. The first-order chi connectivity index (χ1) is 6.34. The van der Waals surface area contributed by atoms with Gasteiger partial charge in [0, 0.05) is 6.20 Å². The lowest BCUT2D eigenvalue weighted by molar-refractivity contribution is 0.302. The topological polar surface area (TPSA) is 48.1 Å². The second kappa shape index (κ2) is 5.19. The van der Waals surface area contributed by atoms with Crippen LogP contribution in [-0.4, -0.2) is 11.6 Å². The molecule has 0 atom stereocenters. The first-order valence-electron chi connectivity index (χ1n) is 4.29. The quantitative estimate of drug-likeness (QED) is 0.554. The van der Waals surface area contributed by atoms with Crippen LogP contribution in [0.15, 0.2) is 31.0 Å². The van der Waals surface area contributed by atoms with Crippen LogP contribution in [0.4, 0.5) is 5.69 Å². The highest BCUT2D eigenvalue weighted by molar-refractivity contribution is 5.46. The molecule has 0 fully saturated rings. The van der Waals surface area contributed by atoms with E-state index in [-0.39, 0.29) is 0 Å². The lowest BCUT2D eigenvalue weighted by atomic mass is 10.3. The van der Waals surface area contributed by atoms with E-state index in [1.807, 2.05) is 6.08 Å². The highest BCUT2D eigenvalue weighted by Crippen LogP contribution is 2.15. The lowest BCUT2D eigenvalue weighted by Gasteiger charge is -2.05. The Morgan fingerprint density at radius 2 is 2.46 bits per heavy atom. The molecule has 0 bridgehead atoms. The van der Waals surface area contributed by atoms with Gasteiger partial charge in [-0.15, -0.1) is 6.58 Å². The van der Waals surface area contributed by atoms with Crippen LogP contribution in [0.5, 0.6) is 5.88 Å². The number of hydrogen-bond donors (Lipinski definition) is 1. The Hall–Kier alpha value is -1.51. The minimum Gasteiger partial charge on any atom is -0.476 e. The van der Waals surface area contributed by atoms with E-state index in [0.717, 1.165) is 12.8 Å². The molecule has 0 amide bonds. The summed E-state index contributed by atoms with van der Waals surface area (Å²) in [5, 5.41) is 0. The average Bonchev–Trinajstić information content (AvgIpc) is 2.15.